The van der Waals surface area contributed by atoms with Crippen LogP contribution in [-0.2, 0) is 4.74 Å². The van der Waals surface area contributed by atoms with Crippen molar-refractivity contribution in [1.82, 2.24) is 14.8 Å². The molecule has 1 aliphatic heterocycles. The number of piperazine rings is 1. The summed E-state index contributed by atoms with van der Waals surface area (Å²) < 4.78 is 5.42. The lowest BCUT2D eigenvalue weighted by atomic mass is 10.2. The fourth-order valence-electron chi connectivity index (χ4n) is 1.93. The zero-order chi connectivity index (χ0) is 13.8. The molecule has 2 rings (SSSR count). The molecule has 0 aromatic carbocycles. The summed E-state index contributed by atoms with van der Waals surface area (Å²) in [6, 6.07) is 1.74. The first kappa shape index (κ1) is 13.8. The summed E-state index contributed by atoms with van der Waals surface area (Å²) in [6.07, 6.45) is 2.82. The van der Waals surface area contributed by atoms with Gasteiger partial charge in [0.1, 0.15) is 0 Å². The molecule has 1 aliphatic rings. The molecule has 2 amide bonds. The Labute approximate surface area is 119 Å². The van der Waals surface area contributed by atoms with Crippen molar-refractivity contribution in [3.05, 3.63) is 28.5 Å². The van der Waals surface area contributed by atoms with Gasteiger partial charge in [0.2, 0.25) is 0 Å². The van der Waals surface area contributed by atoms with E-state index in [1.807, 2.05) is 0 Å². The first-order valence-electron chi connectivity index (χ1n) is 5.84. The van der Waals surface area contributed by atoms with Crippen LogP contribution in [0.4, 0.5) is 4.79 Å². The number of carbonyl (C=O) groups excluding carboxylic acids is 2. The number of aromatic nitrogens is 1. The van der Waals surface area contributed by atoms with Crippen molar-refractivity contribution >= 4 is 27.9 Å². The molecule has 6 nitrogen and oxygen atoms in total. The lowest BCUT2D eigenvalue weighted by molar-refractivity contribution is 0.0599. The molecule has 2 heterocycles. The van der Waals surface area contributed by atoms with E-state index in [1.54, 1.807) is 28.3 Å². The molecule has 0 radical (unpaired) electrons. The number of hydrogen-bond donors (Lipinski definition) is 0. The van der Waals surface area contributed by atoms with Crippen molar-refractivity contribution in [2.45, 2.75) is 0 Å². The van der Waals surface area contributed by atoms with Crippen molar-refractivity contribution in [2.75, 3.05) is 33.3 Å². The molecule has 1 fully saturated rings. The summed E-state index contributed by atoms with van der Waals surface area (Å²) in [6.45, 7) is 1.97. The molecule has 0 bridgehead atoms. The van der Waals surface area contributed by atoms with E-state index >= 15 is 0 Å². The summed E-state index contributed by atoms with van der Waals surface area (Å²) in [5, 5.41) is 0. The number of halogens is 1. The molecular formula is C12H14BrN3O3. The number of pyridine rings is 1. The van der Waals surface area contributed by atoms with Gasteiger partial charge >= 0.3 is 6.09 Å². The highest BCUT2D eigenvalue weighted by Gasteiger charge is 2.25. The van der Waals surface area contributed by atoms with E-state index in [-0.39, 0.29) is 12.0 Å². The predicted octanol–water partition coefficient (Wildman–Crippen LogP) is 1.37. The second-order valence-electron chi connectivity index (χ2n) is 4.14. The molecule has 1 aromatic heterocycles. The van der Waals surface area contributed by atoms with E-state index in [1.165, 1.54) is 7.11 Å². The Morgan fingerprint density at radius 2 is 1.84 bits per heavy atom. The van der Waals surface area contributed by atoms with Crippen LogP contribution in [0.25, 0.3) is 0 Å². The molecular weight excluding hydrogens is 314 g/mol. The SMILES string of the molecule is COC(=O)N1CCN(C(=O)c2cncc(Br)c2)CC1. The van der Waals surface area contributed by atoms with Gasteiger partial charge in [0.15, 0.2) is 0 Å². The zero-order valence-corrected chi connectivity index (χ0v) is 12.1. The van der Waals surface area contributed by atoms with E-state index in [4.69, 9.17) is 0 Å². The number of nitrogens with zero attached hydrogens (tertiary/aromatic N) is 3. The van der Waals surface area contributed by atoms with Crippen molar-refractivity contribution in [1.29, 1.82) is 0 Å². The Morgan fingerprint density at radius 1 is 1.21 bits per heavy atom. The lowest BCUT2D eigenvalue weighted by Gasteiger charge is -2.33. The van der Waals surface area contributed by atoms with Gasteiger partial charge in [0, 0.05) is 43.0 Å². The van der Waals surface area contributed by atoms with Gasteiger partial charge in [0.05, 0.1) is 12.7 Å². The number of rotatable bonds is 1. The molecule has 19 heavy (non-hydrogen) atoms. The smallest absolute Gasteiger partial charge is 0.409 e. The minimum atomic E-state index is -0.351. The van der Waals surface area contributed by atoms with E-state index in [2.05, 4.69) is 25.7 Å². The average molecular weight is 328 g/mol. The van der Waals surface area contributed by atoms with Crippen LogP contribution in [0, 0.1) is 0 Å². The normalized spacial score (nSPS) is 15.3. The van der Waals surface area contributed by atoms with Crippen LogP contribution in [-0.4, -0.2) is 60.1 Å². The third kappa shape index (κ3) is 3.23. The maximum atomic E-state index is 12.2. The minimum Gasteiger partial charge on any atom is -0.453 e. The molecule has 7 heteroatoms. The van der Waals surface area contributed by atoms with Crippen LogP contribution < -0.4 is 0 Å². The summed E-state index contributed by atoms with van der Waals surface area (Å²) >= 11 is 3.29. The molecule has 1 aromatic rings. The van der Waals surface area contributed by atoms with E-state index in [0.717, 1.165) is 4.47 Å². The monoisotopic (exact) mass is 327 g/mol. The maximum Gasteiger partial charge on any atom is 0.409 e. The van der Waals surface area contributed by atoms with Crippen molar-refractivity contribution < 1.29 is 14.3 Å². The number of methoxy groups -OCH3 is 1. The molecule has 0 spiro atoms. The summed E-state index contributed by atoms with van der Waals surface area (Å²) in [5.41, 5.74) is 0.542. The van der Waals surface area contributed by atoms with Gasteiger partial charge in [-0.05, 0) is 22.0 Å². The Bertz CT molecular complexity index is 487. The first-order chi connectivity index (χ1) is 9.11. The lowest BCUT2D eigenvalue weighted by Crippen LogP contribution is -2.50. The predicted molar refractivity (Wildman–Crippen MR) is 71.8 cm³/mol. The Hall–Kier alpha value is -1.63. The van der Waals surface area contributed by atoms with Crippen molar-refractivity contribution in [2.24, 2.45) is 0 Å². The standard InChI is InChI=1S/C12H14BrN3O3/c1-19-12(18)16-4-2-15(3-5-16)11(17)9-6-10(13)8-14-7-9/h6-8H,2-5H2,1H3. The Balaban J connectivity index is 1.98. The minimum absolute atomic E-state index is 0.0710. The summed E-state index contributed by atoms with van der Waals surface area (Å²) in [5.74, 6) is -0.0710. The second kappa shape index (κ2) is 6.01. The van der Waals surface area contributed by atoms with Gasteiger partial charge in [0.25, 0.3) is 5.91 Å². The van der Waals surface area contributed by atoms with Crippen LogP contribution in [0.5, 0.6) is 0 Å². The van der Waals surface area contributed by atoms with Crippen LogP contribution in [0.2, 0.25) is 0 Å². The summed E-state index contributed by atoms with van der Waals surface area (Å²) in [7, 11) is 1.35. The van der Waals surface area contributed by atoms with E-state index in [9.17, 15) is 9.59 Å². The van der Waals surface area contributed by atoms with Crippen LogP contribution in [0.1, 0.15) is 10.4 Å². The third-order valence-corrected chi connectivity index (χ3v) is 3.39. The fraction of sp³-hybridized carbons (Fsp3) is 0.417. The van der Waals surface area contributed by atoms with E-state index in [0.29, 0.717) is 31.7 Å². The molecule has 0 aliphatic carbocycles. The largest absolute Gasteiger partial charge is 0.453 e. The quantitative estimate of drug-likeness (QED) is 0.781. The molecule has 0 atom stereocenters. The number of amides is 2. The van der Waals surface area contributed by atoms with Crippen LogP contribution in [0.15, 0.2) is 22.9 Å². The van der Waals surface area contributed by atoms with Gasteiger partial charge in [-0.2, -0.15) is 0 Å². The Kier molecular flexibility index (Phi) is 4.36. The number of hydrogen-bond acceptors (Lipinski definition) is 4. The fourth-order valence-corrected chi connectivity index (χ4v) is 2.30. The summed E-state index contributed by atoms with van der Waals surface area (Å²) in [4.78, 5) is 30.8. The average Bonchev–Trinajstić information content (AvgIpc) is 2.46. The number of ether oxygens (including phenoxy) is 1. The molecule has 0 N–H and O–H groups in total. The highest BCUT2D eigenvalue weighted by molar-refractivity contribution is 9.10. The van der Waals surface area contributed by atoms with Crippen LogP contribution >= 0.6 is 15.9 Å². The van der Waals surface area contributed by atoms with Gasteiger partial charge < -0.3 is 14.5 Å². The maximum absolute atomic E-state index is 12.2. The van der Waals surface area contributed by atoms with Gasteiger partial charge in [-0.3, -0.25) is 9.78 Å². The topological polar surface area (TPSA) is 62.7 Å². The van der Waals surface area contributed by atoms with Crippen molar-refractivity contribution in [3.8, 4) is 0 Å². The highest BCUT2D eigenvalue weighted by Crippen LogP contribution is 2.13. The molecule has 1 saturated heterocycles. The number of carbonyl (C=O) groups is 2. The third-order valence-electron chi connectivity index (χ3n) is 2.95. The zero-order valence-electron chi connectivity index (χ0n) is 10.5. The Morgan fingerprint density at radius 3 is 2.42 bits per heavy atom. The molecule has 102 valence electrons. The van der Waals surface area contributed by atoms with Gasteiger partial charge in [-0.15, -0.1) is 0 Å². The van der Waals surface area contributed by atoms with Gasteiger partial charge in [-0.25, -0.2) is 4.79 Å². The van der Waals surface area contributed by atoms with Gasteiger partial charge in [-0.1, -0.05) is 0 Å². The van der Waals surface area contributed by atoms with Crippen molar-refractivity contribution in [3.63, 3.8) is 0 Å². The second-order valence-corrected chi connectivity index (χ2v) is 5.06. The van der Waals surface area contributed by atoms with E-state index < -0.39 is 0 Å². The highest BCUT2D eigenvalue weighted by atomic mass is 79.9. The molecule has 0 unspecified atom stereocenters. The first-order valence-corrected chi connectivity index (χ1v) is 6.64. The van der Waals surface area contributed by atoms with Crippen LogP contribution in [0.3, 0.4) is 0 Å². The molecule has 0 saturated carbocycles.